The maximum absolute atomic E-state index is 3.68. The van der Waals surface area contributed by atoms with Crippen LogP contribution in [0.4, 0.5) is 0 Å². The Balaban J connectivity index is 1.84. The summed E-state index contributed by atoms with van der Waals surface area (Å²) < 4.78 is 0. The fourth-order valence-corrected chi connectivity index (χ4v) is 3.36. The molecule has 15 heavy (non-hydrogen) atoms. The van der Waals surface area contributed by atoms with Crippen molar-refractivity contribution in [1.29, 1.82) is 0 Å². The van der Waals surface area contributed by atoms with Crippen LogP contribution in [0.15, 0.2) is 0 Å². The average Bonchev–Trinajstić information content (AvgIpc) is 2.95. The molecule has 2 rings (SSSR count). The minimum Gasteiger partial charge on any atom is -0.303 e. The Morgan fingerprint density at radius 1 is 1.07 bits per heavy atom. The summed E-state index contributed by atoms with van der Waals surface area (Å²) in [5.74, 6) is 0. The highest BCUT2D eigenvalue weighted by Crippen LogP contribution is 2.48. The lowest BCUT2D eigenvalue weighted by atomic mass is 9.85. The highest BCUT2D eigenvalue weighted by atomic mass is 79.9. The molecule has 1 nitrogen and oxygen atoms in total. The Hall–Kier alpha value is 0.440. The number of alkyl halides is 1. The molecule has 0 bridgehead atoms. The molecule has 2 heteroatoms. The van der Waals surface area contributed by atoms with Gasteiger partial charge in [-0.15, -0.1) is 0 Å². The van der Waals surface area contributed by atoms with Crippen LogP contribution in [0.5, 0.6) is 0 Å². The molecule has 0 aromatic carbocycles. The van der Waals surface area contributed by atoms with Crippen molar-refractivity contribution in [2.24, 2.45) is 10.8 Å². The highest BCUT2D eigenvalue weighted by Gasteiger charge is 2.43. The first-order chi connectivity index (χ1) is 7.05. The molecule has 0 unspecified atom stereocenters. The highest BCUT2D eigenvalue weighted by molar-refractivity contribution is 9.09. The largest absolute Gasteiger partial charge is 0.303 e. The number of rotatable bonds is 3. The summed E-state index contributed by atoms with van der Waals surface area (Å²) in [5, 5.41) is 1.21. The van der Waals surface area contributed by atoms with Crippen LogP contribution in [0.2, 0.25) is 0 Å². The lowest BCUT2D eigenvalue weighted by Gasteiger charge is -2.26. The zero-order valence-corrected chi connectivity index (χ0v) is 11.8. The molecule has 88 valence electrons. The van der Waals surface area contributed by atoms with Crippen LogP contribution < -0.4 is 0 Å². The van der Waals surface area contributed by atoms with Crippen LogP contribution in [-0.4, -0.2) is 29.9 Å². The topological polar surface area (TPSA) is 3.24 Å². The van der Waals surface area contributed by atoms with Crippen LogP contribution in [0.25, 0.3) is 0 Å². The molecule has 1 aliphatic carbocycles. The zero-order chi connectivity index (χ0) is 10.9. The van der Waals surface area contributed by atoms with E-state index in [1.165, 1.54) is 57.1 Å². The van der Waals surface area contributed by atoms with Crippen LogP contribution in [-0.2, 0) is 0 Å². The van der Waals surface area contributed by atoms with Gasteiger partial charge < -0.3 is 4.90 Å². The standard InChI is InChI=1S/C13H24BrN/c1-12(2)4-3-8-15(9-7-12)11-13(10-14)5-6-13/h3-11H2,1-2H3. The van der Waals surface area contributed by atoms with Gasteiger partial charge in [-0.2, -0.15) is 0 Å². The second-order valence-corrected chi connectivity index (χ2v) is 6.99. The normalized spacial score (nSPS) is 29.8. The van der Waals surface area contributed by atoms with E-state index in [0.717, 1.165) is 0 Å². The fraction of sp³-hybridized carbons (Fsp3) is 1.00. The molecule has 2 aliphatic rings. The van der Waals surface area contributed by atoms with Gasteiger partial charge in [-0.05, 0) is 56.0 Å². The van der Waals surface area contributed by atoms with E-state index in [4.69, 9.17) is 0 Å². The van der Waals surface area contributed by atoms with Crippen molar-refractivity contribution in [2.75, 3.05) is 25.0 Å². The Kier molecular flexibility index (Phi) is 3.47. The van der Waals surface area contributed by atoms with Crippen molar-refractivity contribution in [3.63, 3.8) is 0 Å². The minimum atomic E-state index is 0.583. The summed E-state index contributed by atoms with van der Waals surface area (Å²) in [7, 11) is 0. The third-order valence-corrected chi connectivity index (χ3v) is 5.42. The quantitative estimate of drug-likeness (QED) is 0.710. The first kappa shape index (κ1) is 11.9. The second-order valence-electron chi connectivity index (χ2n) is 6.43. The molecule has 1 aliphatic heterocycles. The summed E-state index contributed by atoms with van der Waals surface area (Å²) in [5.41, 5.74) is 1.24. The van der Waals surface area contributed by atoms with Crippen molar-refractivity contribution in [1.82, 2.24) is 4.90 Å². The SMILES string of the molecule is CC1(C)CCCN(CC2(CBr)CC2)CC1. The number of hydrogen-bond donors (Lipinski definition) is 0. The van der Waals surface area contributed by atoms with Crippen LogP contribution >= 0.6 is 15.9 Å². The monoisotopic (exact) mass is 273 g/mol. The van der Waals surface area contributed by atoms with E-state index in [1.807, 2.05) is 0 Å². The van der Waals surface area contributed by atoms with Gasteiger partial charge >= 0.3 is 0 Å². The van der Waals surface area contributed by atoms with Gasteiger partial charge in [-0.1, -0.05) is 29.8 Å². The molecular weight excluding hydrogens is 250 g/mol. The van der Waals surface area contributed by atoms with Crippen LogP contribution in [0.3, 0.4) is 0 Å². The first-order valence-electron chi connectivity index (χ1n) is 6.34. The molecular formula is C13H24BrN. The molecule has 0 spiro atoms. The van der Waals surface area contributed by atoms with Gasteiger partial charge in [-0.3, -0.25) is 0 Å². The molecule has 1 saturated heterocycles. The Bertz CT molecular complexity index is 221. The molecule has 0 N–H and O–H groups in total. The van der Waals surface area contributed by atoms with Crippen molar-refractivity contribution in [3.05, 3.63) is 0 Å². The fourth-order valence-electron chi connectivity index (χ4n) is 2.62. The molecule has 0 amide bonds. The average molecular weight is 274 g/mol. The van der Waals surface area contributed by atoms with Gasteiger partial charge in [0.25, 0.3) is 0 Å². The van der Waals surface area contributed by atoms with E-state index >= 15 is 0 Å². The van der Waals surface area contributed by atoms with E-state index < -0.39 is 0 Å². The summed E-state index contributed by atoms with van der Waals surface area (Å²) in [6.07, 6.45) is 7.07. The number of hydrogen-bond acceptors (Lipinski definition) is 1. The Labute approximate surface area is 103 Å². The predicted molar refractivity (Wildman–Crippen MR) is 69.5 cm³/mol. The smallest absolute Gasteiger partial charge is 0.0100 e. The molecule has 1 heterocycles. The predicted octanol–water partition coefficient (Wildman–Crippen LogP) is 3.67. The molecule has 0 radical (unpaired) electrons. The zero-order valence-electron chi connectivity index (χ0n) is 10.2. The van der Waals surface area contributed by atoms with Gasteiger partial charge in [0, 0.05) is 11.9 Å². The Morgan fingerprint density at radius 2 is 1.80 bits per heavy atom. The number of halogens is 1. The van der Waals surface area contributed by atoms with Gasteiger partial charge in [0.1, 0.15) is 0 Å². The summed E-state index contributed by atoms with van der Waals surface area (Å²) in [4.78, 5) is 2.71. The van der Waals surface area contributed by atoms with Crippen molar-refractivity contribution >= 4 is 15.9 Å². The Morgan fingerprint density at radius 3 is 2.40 bits per heavy atom. The second kappa shape index (κ2) is 4.37. The third kappa shape index (κ3) is 3.20. The summed E-state index contributed by atoms with van der Waals surface area (Å²) in [6.45, 7) is 8.84. The van der Waals surface area contributed by atoms with E-state index in [-0.39, 0.29) is 0 Å². The lowest BCUT2D eigenvalue weighted by Crippen LogP contribution is -2.32. The maximum Gasteiger partial charge on any atom is 0.0100 e. The first-order valence-corrected chi connectivity index (χ1v) is 7.46. The summed E-state index contributed by atoms with van der Waals surface area (Å²) in [6, 6.07) is 0. The summed E-state index contributed by atoms with van der Waals surface area (Å²) >= 11 is 3.68. The van der Waals surface area contributed by atoms with Crippen LogP contribution in [0, 0.1) is 10.8 Å². The van der Waals surface area contributed by atoms with E-state index in [0.29, 0.717) is 10.8 Å². The van der Waals surface area contributed by atoms with Gasteiger partial charge in [0.2, 0.25) is 0 Å². The lowest BCUT2D eigenvalue weighted by molar-refractivity contribution is 0.227. The molecule has 0 aromatic rings. The maximum atomic E-state index is 3.68. The van der Waals surface area contributed by atoms with Crippen molar-refractivity contribution < 1.29 is 0 Å². The van der Waals surface area contributed by atoms with Crippen molar-refractivity contribution in [2.45, 2.75) is 46.0 Å². The molecule has 0 atom stereocenters. The van der Waals surface area contributed by atoms with Gasteiger partial charge in [-0.25, -0.2) is 0 Å². The van der Waals surface area contributed by atoms with E-state index in [2.05, 4.69) is 34.7 Å². The molecule has 1 saturated carbocycles. The molecule has 0 aromatic heterocycles. The van der Waals surface area contributed by atoms with E-state index in [1.54, 1.807) is 0 Å². The number of nitrogens with zero attached hydrogens (tertiary/aromatic N) is 1. The van der Waals surface area contributed by atoms with Gasteiger partial charge in [0.15, 0.2) is 0 Å². The number of likely N-dealkylation sites (tertiary alicyclic amines) is 1. The minimum absolute atomic E-state index is 0.583. The van der Waals surface area contributed by atoms with Crippen molar-refractivity contribution in [3.8, 4) is 0 Å². The van der Waals surface area contributed by atoms with E-state index in [9.17, 15) is 0 Å². The van der Waals surface area contributed by atoms with Gasteiger partial charge in [0.05, 0.1) is 0 Å². The van der Waals surface area contributed by atoms with Crippen LogP contribution in [0.1, 0.15) is 46.0 Å². The third-order valence-electron chi connectivity index (χ3n) is 4.23. The molecule has 2 fully saturated rings.